The van der Waals surface area contributed by atoms with E-state index in [1.807, 2.05) is 0 Å². The third kappa shape index (κ3) is 4.32. The molecule has 0 bridgehead atoms. The number of nitrogens with one attached hydrogen (secondary N) is 1. The van der Waals surface area contributed by atoms with Crippen molar-refractivity contribution in [3.8, 4) is 0 Å². The van der Waals surface area contributed by atoms with Gasteiger partial charge in [-0.1, -0.05) is 50.1 Å². The molecule has 1 saturated carbocycles. The van der Waals surface area contributed by atoms with Gasteiger partial charge < -0.3 is 10.2 Å². The van der Waals surface area contributed by atoms with Crippen molar-refractivity contribution in [1.29, 1.82) is 0 Å². The average molecular weight is 260 g/mol. The van der Waals surface area contributed by atoms with Crippen LogP contribution in [-0.2, 0) is 6.54 Å². The van der Waals surface area contributed by atoms with Crippen LogP contribution in [0, 0.1) is 5.41 Å². The third-order valence-electron chi connectivity index (χ3n) is 4.31. The zero-order chi connectivity index (χ0) is 13.6. The first kappa shape index (κ1) is 14.5. The van der Waals surface area contributed by atoms with Crippen LogP contribution in [0.15, 0.2) is 30.3 Å². The number of rotatable bonds is 7. The molecule has 0 spiro atoms. The molecule has 1 fully saturated rings. The molecule has 0 aliphatic heterocycles. The number of nitrogens with zero attached hydrogens (tertiary/aromatic N) is 1. The van der Waals surface area contributed by atoms with Gasteiger partial charge in [0.15, 0.2) is 0 Å². The van der Waals surface area contributed by atoms with E-state index >= 15 is 0 Å². The first-order chi connectivity index (χ1) is 9.24. The quantitative estimate of drug-likeness (QED) is 0.809. The van der Waals surface area contributed by atoms with Crippen molar-refractivity contribution < 1.29 is 0 Å². The minimum absolute atomic E-state index is 0.513. The zero-order valence-electron chi connectivity index (χ0n) is 12.5. The monoisotopic (exact) mass is 260 g/mol. The molecule has 2 heteroatoms. The molecule has 0 saturated heterocycles. The summed E-state index contributed by atoms with van der Waals surface area (Å²) in [6.07, 6.45) is 5.59. The lowest BCUT2D eigenvalue weighted by molar-refractivity contribution is 0.168. The molecule has 106 valence electrons. The summed E-state index contributed by atoms with van der Waals surface area (Å²) >= 11 is 0. The summed E-state index contributed by atoms with van der Waals surface area (Å²) < 4.78 is 0. The van der Waals surface area contributed by atoms with E-state index < -0.39 is 0 Å². The van der Waals surface area contributed by atoms with E-state index in [1.54, 1.807) is 0 Å². The molecule has 1 aliphatic carbocycles. The van der Waals surface area contributed by atoms with E-state index in [9.17, 15) is 0 Å². The maximum atomic E-state index is 3.57. The maximum Gasteiger partial charge on any atom is 0.0230 e. The van der Waals surface area contributed by atoms with Gasteiger partial charge in [0.25, 0.3) is 0 Å². The van der Waals surface area contributed by atoms with Crippen LogP contribution in [0.25, 0.3) is 0 Å². The summed E-state index contributed by atoms with van der Waals surface area (Å²) in [5.74, 6) is 0. The molecule has 0 radical (unpaired) electrons. The Balaban J connectivity index is 1.90. The molecule has 2 rings (SSSR count). The highest BCUT2D eigenvalue weighted by molar-refractivity contribution is 5.14. The van der Waals surface area contributed by atoms with Crippen molar-refractivity contribution in [2.24, 2.45) is 5.41 Å². The second-order valence-corrected chi connectivity index (χ2v) is 6.15. The molecule has 1 aromatic carbocycles. The fraction of sp³-hybridized carbons (Fsp3) is 0.647. The Labute approximate surface area is 118 Å². The lowest BCUT2D eigenvalue weighted by Gasteiger charge is -2.34. The van der Waals surface area contributed by atoms with Gasteiger partial charge in [0.2, 0.25) is 0 Å². The van der Waals surface area contributed by atoms with Crippen molar-refractivity contribution >= 4 is 0 Å². The van der Waals surface area contributed by atoms with Gasteiger partial charge in [-0.15, -0.1) is 0 Å². The highest BCUT2D eigenvalue weighted by Crippen LogP contribution is 2.38. The van der Waals surface area contributed by atoms with Crippen LogP contribution in [0.3, 0.4) is 0 Å². The van der Waals surface area contributed by atoms with Gasteiger partial charge in [-0.05, 0) is 37.4 Å². The van der Waals surface area contributed by atoms with Crippen molar-refractivity contribution in [2.45, 2.75) is 39.2 Å². The summed E-state index contributed by atoms with van der Waals surface area (Å²) in [6, 6.07) is 10.8. The highest BCUT2D eigenvalue weighted by atomic mass is 15.1. The molecule has 1 aromatic rings. The molecule has 0 atom stereocenters. The molecule has 1 N–H and O–H groups in total. The van der Waals surface area contributed by atoms with E-state index in [0.717, 1.165) is 13.1 Å². The van der Waals surface area contributed by atoms with Crippen LogP contribution in [0.1, 0.15) is 38.2 Å². The Morgan fingerprint density at radius 1 is 1.16 bits per heavy atom. The van der Waals surface area contributed by atoms with Gasteiger partial charge in [0, 0.05) is 19.6 Å². The lowest BCUT2D eigenvalue weighted by Crippen LogP contribution is -2.41. The standard InChI is InChI=1S/C17H28N2/c1-3-18-14-17(11-7-8-12-17)15-19(2)13-16-9-5-4-6-10-16/h4-6,9-10,18H,3,7-8,11-15H2,1-2H3. The normalized spacial score (nSPS) is 18.1. The Morgan fingerprint density at radius 3 is 2.47 bits per heavy atom. The van der Waals surface area contributed by atoms with Crippen LogP contribution in [0.4, 0.5) is 0 Å². The minimum atomic E-state index is 0.513. The molecule has 0 unspecified atom stereocenters. The Bertz CT molecular complexity index is 355. The SMILES string of the molecule is CCNCC1(CN(C)Cc2ccccc2)CCCC1. The minimum Gasteiger partial charge on any atom is -0.316 e. The molecule has 0 aromatic heterocycles. The molecule has 0 amide bonds. The van der Waals surface area contributed by atoms with Gasteiger partial charge in [0.1, 0.15) is 0 Å². The number of hydrogen-bond acceptors (Lipinski definition) is 2. The maximum absolute atomic E-state index is 3.57. The summed E-state index contributed by atoms with van der Waals surface area (Å²) in [7, 11) is 2.26. The van der Waals surface area contributed by atoms with Crippen molar-refractivity contribution in [1.82, 2.24) is 10.2 Å². The molecule has 2 nitrogen and oxygen atoms in total. The van der Waals surface area contributed by atoms with Crippen molar-refractivity contribution in [3.05, 3.63) is 35.9 Å². The van der Waals surface area contributed by atoms with Crippen LogP contribution >= 0.6 is 0 Å². The van der Waals surface area contributed by atoms with Gasteiger partial charge >= 0.3 is 0 Å². The largest absolute Gasteiger partial charge is 0.316 e. The van der Waals surface area contributed by atoms with Gasteiger partial charge in [-0.3, -0.25) is 0 Å². The molecule has 1 aliphatic rings. The van der Waals surface area contributed by atoms with Crippen molar-refractivity contribution in [3.63, 3.8) is 0 Å². The van der Waals surface area contributed by atoms with E-state index in [-0.39, 0.29) is 0 Å². The van der Waals surface area contributed by atoms with E-state index in [0.29, 0.717) is 5.41 Å². The summed E-state index contributed by atoms with van der Waals surface area (Å²) in [4.78, 5) is 2.50. The molecule has 19 heavy (non-hydrogen) atoms. The van der Waals surface area contributed by atoms with E-state index in [4.69, 9.17) is 0 Å². The fourth-order valence-electron chi connectivity index (χ4n) is 3.43. The summed E-state index contributed by atoms with van der Waals surface area (Å²) in [6.45, 7) is 6.76. The number of hydrogen-bond donors (Lipinski definition) is 1. The zero-order valence-corrected chi connectivity index (χ0v) is 12.5. The number of benzene rings is 1. The highest BCUT2D eigenvalue weighted by Gasteiger charge is 2.34. The van der Waals surface area contributed by atoms with Crippen LogP contribution in [-0.4, -0.2) is 31.6 Å². The molecule has 0 heterocycles. The van der Waals surface area contributed by atoms with E-state index in [2.05, 4.69) is 54.5 Å². The van der Waals surface area contributed by atoms with Gasteiger partial charge in [0.05, 0.1) is 0 Å². The predicted molar refractivity (Wildman–Crippen MR) is 82.2 cm³/mol. The van der Waals surface area contributed by atoms with Crippen molar-refractivity contribution in [2.75, 3.05) is 26.7 Å². The summed E-state index contributed by atoms with van der Waals surface area (Å²) in [5.41, 5.74) is 1.93. The molecular formula is C17H28N2. The van der Waals surface area contributed by atoms with E-state index in [1.165, 1.54) is 44.3 Å². The Kier molecular flexibility index (Phi) is 5.41. The second kappa shape index (κ2) is 7.06. The van der Waals surface area contributed by atoms with Crippen LogP contribution in [0.2, 0.25) is 0 Å². The van der Waals surface area contributed by atoms with Crippen LogP contribution < -0.4 is 5.32 Å². The first-order valence-corrected chi connectivity index (χ1v) is 7.67. The summed E-state index contributed by atoms with van der Waals surface area (Å²) in [5, 5.41) is 3.57. The predicted octanol–water partition coefficient (Wildman–Crippen LogP) is 3.29. The lowest BCUT2D eigenvalue weighted by atomic mass is 9.85. The van der Waals surface area contributed by atoms with Gasteiger partial charge in [-0.2, -0.15) is 0 Å². The third-order valence-corrected chi connectivity index (χ3v) is 4.31. The Hall–Kier alpha value is -0.860. The second-order valence-electron chi connectivity index (χ2n) is 6.15. The molecular weight excluding hydrogens is 232 g/mol. The topological polar surface area (TPSA) is 15.3 Å². The van der Waals surface area contributed by atoms with Crippen LogP contribution in [0.5, 0.6) is 0 Å². The first-order valence-electron chi connectivity index (χ1n) is 7.67. The fourth-order valence-corrected chi connectivity index (χ4v) is 3.43. The Morgan fingerprint density at radius 2 is 1.84 bits per heavy atom. The average Bonchev–Trinajstić information content (AvgIpc) is 2.86. The van der Waals surface area contributed by atoms with Gasteiger partial charge in [-0.25, -0.2) is 0 Å². The smallest absolute Gasteiger partial charge is 0.0230 e.